The Balaban J connectivity index is 2.55. The second-order valence-corrected chi connectivity index (χ2v) is 5.10. The Kier molecular flexibility index (Phi) is 6.18. The Hall–Kier alpha value is -1.88. The fraction of sp³-hybridized carbons (Fsp3) is 0.467. The predicted molar refractivity (Wildman–Crippen MR) is 80.4 cm³/mol. The number of likely N-dealkylation sites (N-methyl/N-ethyl adjacent to an activating group) is 1. The average molecular weight is 277 g/mol. The molecule has 110 valence electrons. The maximum Gasteiger partial charge on any atom is 0.246 e. The molecule has 0 aliphatic heterocycles. The summed E-state index contributed by atoms with van der Waals surface area (Å²) in [6.45, 7) is 5.58. The molecule has 0 fully saturated rings. The van der Waals surface area contributed by atoms with Crippen molar-refractivity contribution in [1.29, 1.82) is 0 Å². The van der Waals surface area contributed by atoms with Crippen LogP contribution in [0.4, 0.5) is 5.69 Å². The lowest BCUT2D eigenvalue weighted by Crippen LogP contribution is -2.51. The number of amides is 2. The molecule has 0 aromatic heterocycles. The number of carbonyl (C=O) groups is 2. The van der Waals surface area contributed by atoms with Gasteiger partial charge in [-0.2, -0.15) is 0 Å². The van der Waals surface area contributed by atoms with E-state index in [1.165, 1.54) is 0 Å². The number of benzene rings is 1. The highest BCUT2D eigenvalue weighted by atomic mass is 16.2. The first kappa shape index (κ1) is 16.2. The van der Waals surface area contributed by atoms with Crippen molar-refractivity contribution in [2.75, 3.05) is 12.4 Å². The summed E-state index contributed by atoms with van der Waals surface area (Å²) in [6, 6.07) is 8.28. The van der Waals surface area contributed by atoms with Crippen LogP contribution in [0.3, 0.4) is 0 Å². The van der Waals surface area contributed by atoms with Gasteiger partial charge >= 0.3 is 0 Å². The molecule has 0 saturated carbocycles. The van der Waals surface area contributed by atoms with Crippen LogP contribution in [0.25, 0.3) is 0 Å². The third-order valence-corrected chi connectivity index (χ3v) is 3.05. The molecule has 1 aromatic rings. The highest BCUT2D eigenvalue weighted by Crippen LogP contribution is 2.06. The van der Waals surface area contributed by atoms with E-state index in [1.807, 2.05) is 32.0 Å². The summed E-state index contributed by atoms with van der Waals surface area (Å²) >= 11 is 0. The Morgan fingerprint density at radius 3 is 2.10 bits per heavy atom. The Morgan fingerprint density at radius 2 is 1.60 bits per heavy atom. The number of hydrogen-bond acceptors (Lipinski definition) is 3. The van der Waals surface area contributed by atoms with E-state index in [2.05, 4.69) is 16.0 Å². The Labute approximate surface area is 120 Å². The summed E-state index contributed by atoms with van der Waals surface area (Å²) in [7, 11) is 1.74. The van der Waals surface area contributed by atoms with Crippen LogP contribution < -0.4 is 16.0 Å². The third kappa shape index (κ3) is 4.66. The van der Waals surface area contributed by atoms with Crippen LogP contribution in [0, 0.1) is 5.92 Å². The average Bonchev–Trinajstić information content (AvgIpc) is 2.40. The molecule has 3 N–H and O–H groups in total. The molecular formula is C15H23N3O2. The van der Waals surface area contributed by atoms with Crippen molar-refractivity contribution in [1.82, 2.24) is 10.6 Å². The van der Waals surface area contributed by atoms with Crippen molar-refractivity contribution in [2.45, 2.75) is 32.9 Å². The fourth-order valence-corrected chi connectivity index (χ4v) is 1.91. The zero-order valence-corrected chi connectivity index (χ0v) is 12.4. The second kappa shape index (κ2) is 7.65. The van der Waals surface area contributed by atoms with Crippen LogP contribution in [0.1, 0.15) is 20.8 Å². The van der Waals surface area contributed by atoms with Crippen LogP contribution >= 0.6 is 0 Å². The SMILES string of the molecule is CNC(C(=O)NC(C)C(=O)Nc1ccccc1)C(C)C. The molecule has 2 unspecified atom stereocenters. The number of nitrogens with one attached hydrogen (secondary N) is 3. The molecule has 0 saturated heterocycles. The van der Waals surface area contributed by atoms with E-state index in [-0.39, 0.29) is 23.8 Å². The lowest BCUT2D eigenvalue weighted by Gasteiger charge is -2.22. The van der Waals surface area contributed by atoms with E-state index in [1.54, 1.807) is 26.1 Å². The van der Waals surface area contributed by atoms with Crippen molar-refractivity contribution < 1.29 is 9.59 Å². The molecule has 5 nitrogen and oxygen atoms in total. The lowest BCUT2D eigenvalue weighted by molar-refractivity contribution is -0.128. The molecule has 0 heterocycles. The van der Waals surface area contributed by atoms with Crippen LogP contribution in [0.5, 0.6) is 0 Å². The Morgan fingerprint density at radius 1 is 1.00 bits per heavy atom. The van der Waals surface area contributed by atoms with Gasteiger partial charge in [0.2, 0.25) is 11.8 Å². The predicted octanol–water partition coefficient (Wildman–Crippen LogP) is 1.37. The second-order valence-electron chi connectivity index (χ2n) is 5.10. The van der Waals surface area contributed by atoms with Crippen molar-refractivity contribution in [3.05, 3.63) is 30.3 Å². The summed E-state index contributed by atoms with van der Waals surface area (Å²) in [5.41, 5.74) is 0.715. The van der Waals surface area contributed by atoms with Crippen LogP contribution in [0.15, 0.2) is 30.3 Å². The van der Waals surface area contributed by atoms with Gasteiger partial charge in [-0.1, -0.05) is 32.0 Å². The highest BCUT2D eigenvalue weighted by Gasteiger charge is 2.23. The minimum absolute atomic E-state index is 0.157. The third-order valence-electron chi connectivity index (χ3n) is 3.05. The van der Waals surface area contributed by atoms with Gasteiger partial charge in [0, 0.05) is 5.69 Å². The summed E-state index contributed by atoms with van der Waals surface area (Å²) < 4.78 is 0. The monoisotopic (exact) mass is 277 g/mol. The maximum absolute atomic E-state index is 12.0. The van der Waals surface area contributed by atoms with E-state index in [0.29, 0.717) is 5.69 Å². The minimum Gasteiger partial charge on any atom is -0.343 e. The molecule has 0 spiro atoms. The molecule has 20 heavy (non-hydrogen) atoms. The molecule has 5 heteroatoms. The quantitative estimate of drug-likeness (QED) is 0.735. The zero-order chi connectivity index (χ0) is 15.1. The summed E-state index contributed by atoms with van der Waals surface area (Å²) in [4.78, 5) is 24.0. The van der Waals surface area contributed by atoms with Gasteiger partial charge < -0.3 is 16.0 Å². The van der Waals surface area contributed by atoms with Gasteiger partial charge in [0.25, 0.3) is 0 Å². The van der Waals surface area contributed by atoms with E-state index in [0.717, 1.165) is 0 Å². The van der Waals surface area contributed by atoms with E-state index in [4.69, 9.17) is 0 Å². The summed E-state index contributed by atoms with van der Waals surface area (Å²) in [6.07, 6.45) is 0. The number of anilines is 1. The topological polar surface area (TPSA) is 70.2 Å². The van der Waals surface area contributed by atoms with Crippen molar-refractivity contribution in [3.63, 3.8) is 0 Å². The molecule has 2 atom stereocenters. The summed E-state index contributed by atoms with van der Waals surface area (Å²) in [5.74, 6) is -0.245. The van der Waals surface area contributed by atoms with Crippen LogP contribution in [-0.4, -0.2) is 30.9 Å². The first-order valence-electron chi connectivity index (χ1n) is 6.79. The summed E-state index contributed by atoms with van der Waals surface area (Å²) in [5, 5.41) is 8.43. The van der Waals surface area contributed by atoms with Crippen molar-refractivity contribution in [2.24, 2.45) is 5.92 Å². The minimum atomic E-state index is -0.586. The molecular weight excluding hydrogens is 254 g/mol. The number of carbonyl (C=O) groups excluding carboxylic acids is 2. The van der Waals surface area contributed by atoms with E-state index >= 15 is 0 Å². The maximum atomic E-state index is 12.0. The molecule has 0 aliphatic carbocycles. The van der Waals surface area contributed by atoms with E-state index < -0.39 is 6.04 Å². The highest BCUT2D eigenvalue weighted by molar-refractivity contribution is 5.97. The van der Waals surface area contributed by atoms with Gasteiger partial charge in [-0.25, -0.2) is 0 Å². The molecule has 0 aliphatic rings. The van der Waals surface area contributed by atoms with Gasteiger partial charge in [-0.3, -0.25) is 9.59 Å². The number of rotatable bonds is 6. The first-order chi connectivity index (χ1) is 9.45. The van der Waals surface area contributed by atoms with Gasteiger partial charge in [0.05, 0.1) is 6.04 Å². The van der Waals surface area contributed by atoms with Crippen molar-refractivity contribution >= 4 is 17.5 Å². The Bertz CT molecular complexity index is 446. The van der Waals surface area contributed by atoms with E-state index in [9.17, 15) is 9.59 Å². The van der Waals surface area contributed by atoms with Gasteiger partial charge in [0.15, 0.2) is 0 Å². The smallest absolute Gasteiger partial charge is 0.246 e. The van der Waals surface area contributed by atoms with Gasteiger partial charge in [-0.05, 0) is 32.0 Å². The van der Waals surface area contributed by atoms with Crippen molar-refractivity contribution in [3.8, 4) is 0 Å². The molecule has 2 amide bonds. The van der Waals surface area contributed by atoms with Gasteiger partial charge in [-0.15, -0.1) is 0 Å². The van der Waals surface area contributed by atoms with Gasteiger partial charge in [0.1, 0.15) is 6.04 Å². The largest absolute Gasteiger partial charge is 0.343 e. The zero-order valence-electron chi connectivity index (χ0n) is 12.4. The lowest BCUT2D eigenvalue weighted by atomic mass is 10.0. The fourth-order valence-electron chi connectivity index (χ4n) is 1.91. The number of hydrogen-bond donors (Lipinski definition) is 3. The molecule has 1 aromatic carbocycles. The first-order valence-corrected chi connectivity index (χ1v) is 6.79. The molecule has 1 rings (SSSR count). The normalized spacial score (nSPS) is 13.7. The molecule has 0 radical (unpaired) electrons. The van der Waals surface area contributed by atoms with Crippen LogP contribution in [0.2, 0.25) is 0 Å². The molecule has 0 bridgehead atoms. The van der Waals surface area contributed by atoms with Crippen LogP contribution in [-0.2, 0) is 9.59 Å². The number of para-hydroxylation sites is 1. The standard InChI is InChI=1S/C15H23N3O2/c1-10(2)13(16-4)15(20)17-11(3)14(19)18-12-8-6-5-7-9-12/h5-11,13,16H,1-4H3,(H,17,20)(H,18,19).